The third-order valence-electron chi connectivity index (χ3n) is 4.53. The van der Waals surface area contributed by atoms with Crippen LogP contribution in [-0.4, -0.2) is 42.7 Å². The molecule has 0 bridgehead atoms. The molecule has 1 heterocycles. The average Bonchev–Trinajstić information content (AvgIpc) is 3.15. The number of esters is 1. The van der Waals surface area contributed by atoms with Gasteiger partial charge in [0.1, 0.15) is 0 Å². The first-order chi connectivity index (χ1) is 13.8. The molecule has 1 amide bonds. The fraction of sp³-hybridized carbons (Fsp3) is 0.286. The Labute approximate surface area is 179 Å². The molecule has 2 aromatic rings. The van der Waals surface area contributed by atoms with Gasteiger partial charge in [-0.05, 0) is 48.9 Å². The number of amides is 1. The zero-order chi connectivity index (χ0) is 21.0. The number of hydrogen-bond acceptors (Lipinski definition) is 5. The predicted octanol–water partition coefficient (Wildman–Crippen LogP) is 4.39. The van der Waals surface area contributed by atoms with Crippen molar-refractivity contribution in [3.63, 3.8) is 0 Å². The lowest BCUT2D eigenvalue weighted by molar-refractivity contribution is -0.133. The lowest BCUT2D eigenvalue weighted by atomic mass is 10.2. The van der Waals surface area contributed by atoms with Gasteiger partial charge >= 0.3 is 5.97 Å². The van der Waals surface area contributed by atoms with E-state index in [1.165, 1.54) is 4.90 Å². The summed E-state index contributed by atoms with van der Waals surface area (Å²) in [6.07, 6.45) is 0.932. The maximum Gasteiger partial charge on any atom is 0.338 e. The molecule has 0 unspecified atom stereocenters. The van der Waals surface area contributed by atoms with Crippen LogP contribution >= 0.6 is 23.2 Å². The van der Waals surface area contributed by atoms with Crippen molar-refractivity contribution < 1.29 is 14.3 Å². The minimum absolute atomic E-state index is 0.317. The SMILES string of the molecule is CC1=NN(c2ccc(C(=O)OCC(=O)N(C)Cc3ccc(Cl)c(Cl)c3)cc2)CC1. The molecule has 1 aliphatic rings. The van der Waals surface area contributed by atoms with Crippen LogP contribution in [0.5, 0.6) is 0 Å². The Morgan fingerprint density at radius 2 is 1.86 bits per heavy atom. The highest BCUT2D eigenvalue weighted by atomic mass is 35.5. The summed E-state index contributed by atoms with van der Waals surface area (Å²) in [7, 11) is 1.63. The number of halogens is 2. The van der Waals surface area contributed by atoms with Crippen LogP contribution in [0.15, 0.2) is 47.6 Å². The van der Waals surface area contributed by atoms with E-state index in [4.69, 9.17) is 27.9 Å². The van der Waals surface area contributed by atoms with Crippen molar-refractivity contribution in [2.24, 2.45) is 5.10 Å². The van der Waals surface area contributed by atoms with Crippen LogP contribution in [0.25, 0.3) is 0 Å². The number of carbonyl (C=O) groups is 2. The van der Waals surface area contributed by atoms with E-state index in [0.29, 0.717) is 22.2 Å². The van der Waals surface area contributed by atoms with E-state index in [2.05, 4.69) is 5.10 Å². The summed E-state index contributed by atoms with van der Waals surface area (Å²) < 4.78 is 5.16. The van der Waals surface area contributed by atoms with E-state index in [9.17, 15) is 9.59 Å². The molecule has 2 aromatic carbocycles. The molecule has 0 saturated heterocycles. The lowest BCUT2D eigenvalue weighted by Crippen LogP contribution is -2.30. The summed E-state index contributed by atoms with van der Waals surface area (Å²) >= 11 is 11.9. The standard InChI is InChI=1S/C21H21Cl2N3O3/c1-14-9-10-26(24-14)17-6-4-16(5-7-17)21(28)29-13-20(27)25(2)12-15-3-8-18(22)19(23)11-15/h3-8,11H,9-10,12-13H2,1-2H3. The summed E-state index contributed by atoms with van der Waals surface area (Å²) in [4.78, 5) is 26.0. The quantitative estimate of drug-likeness (QED) is 0.633. The largest absolute Gasteiger partial charge is 0.452 e. The molecule has 8 heteroatoms. The van der Waals surface area contributed by atoms with Crippen LogP contribution in [0.3, 0.4) is 0 Å². The van der Waals surface area contributed by atoms with Gasteiger partial charge in [0.15, 0.2) is 6.61 Å². The minimum Gasteiger partial charge on any atom is -0.452 e. The second-order valence-corrected chi connectivity index (χ2v) is 7.64. The van der Waals surface area contributed by atoms with Gasteiger partial charge in [-0.25, -0.2) is 4.79 Å². The Morgan fingerprint density at radius 3 is 2.48 bits per heavy atom. The van der Waals surface area contributed by atoms with Crippen molar-refractivity contribution >= 4 is 46.5 Å². The molecule has 0 spiro atoms. The van der Waals surface area contributed by atoms with Crippen LogP contribution < -0.4 is 5.01 Å². The van der Waals surface area contributed by atoms with E-state index >= 15 is 0 Å². The summed E-state index contributed by atoms with van der Waals surface area (Å²) in [6, 6.07) is 12.1. The molecule has 1 aliphatic heterocycles. The van der Waals surface area contributed by atoms with Gasteiger partial charge in [-0.2, -0.15) is 5.10 Å². The molecule has 3 rings (SSSR count). The molecule has 0 atom stereocenters. The van der Waals surface area contributed by atoms with Gasteiger partial charge in [0, 0.05) is 32.3 Å². The first-order valence-corrected chi connectivity index (χ1v) is 9.86. The average molecular weight is 434 g/mol. The van der Waals surface area contributed by atoms with Crippen LogP contribution in [0.2, 0.25) is 10.0 Å². The van der Waals surface area contributed by atoms with Crippen molar-refractivity contribution in [2.75, 3.05) is 25.2 Å². The number of rotatable bonds is 6. The van der Waals surface area contributed by atoms with Gasteiger partial charge in [0.25, 0.3) is 5.91 Å². The minimum atomic E-state index is -0.547. The lowest BCUT2D eigenvalue weighted by Gasteiger charge is -2.17. The Hall–Kier alpha value is -2.57. The van der Waals surface area contributed by atoms with E-state index in [0.717, 1.165) is 29.9 Å². The number of ether oxygens (including phenoxy) is 1. The Balaban J connectivity index is 1.51. The van der Waals surface area contributed by atoms with Crippen molar-refractivity contribution in [3.05, 3.63) is 63.6 Å². The van der Waals surface area contributed by atoms with Crippen LogP contribution in [0.1, 0.15) is 29.3 Å². The number of carbonyl (C=O) groups excluding carboxylic acids is 2. The van der Waals surface area contributed by atoms with Crippen molar-refractivity contribution in [1.82, 2.24) is 4.90 Å². The molecular formula is C21H21Cl2N3O3. The molecule has 0 fully saturated rings. The summed E-state index contributed by atoms with van der Waals surface area (Å²) in [5.41, 5.74) is 3.21. The number of anilines is 1. The number of likely N-dealkylation sites (N-methyl/N-ethyl adjacent to an activating group) is 1. The van der Waals surface area contributed by atoms with Gasteiger partial charge < -0.3 is 9.64 Å². The zero-order valence-electron chi connectivity index (χ0n) is 16.2. The van der Waals surface area contributed by atoms with Crippen molar-refractivity contribution in [1.29, 1.82) is 0 Å². The van der Waals surface area contributed by atoms with Gasteiger partial charge in [-0.1, -0.05) is 29.3 Å². The highest BCUT2D eigenvalue weighted by Gasteiger charge is 2.16. The second-order valence-electron chi connectivity index (χ2n) is 6.83. The molecule has 6 nitrogen and oxygen atoms in total. The highest BCUT2D eigenvalue weighted by molar-refractivity contribution is 6.42. The fourth-order valence-corrected chi connectivity index (χ4v) is 3.17. The summed E-state index contributed by atoms with van der Waals surface area (Å²) in [5.74, 6) is -0.864. The van der Waals surface area contributed by atoms with Crippen LogP contribution in [-0.2, 0) is 16.1 Å². The molecule has 0 radical (unpaired) electrons. The topological polar surface area (TPSA) is 62.2 Å². The van der Waals surface area contributed by atoms with E-state index in [-0.39, 0.29) is 12.5 Å². The van der Waals surface area contributed by atoms with Crippen molar-refractivity contribution in [2.45, 2.75) is 19.9 Å². The van der Waals surface area contributed by atoms with Crippen LogP contribution in [0, 0.1) is 0 Å². The monoisotopic (exact) mass is 433 g/mol. The number of nitrogens with zero attached hydrogens (tertiary/aromatic N) is 3. The summed E-state index contributed by atoms with van der Waals surface area (Å²) in [5, 5.41) is 7.20. The third-order valence-corrected chi connectivity index (χ3v) is 5.27. The number of hydrogen-bond donors (Lipinski definition) is 0. The first-order valence-electron chi connectivity index (χ1n) is 9.10. The van der Waals surface area contributed by atoms with Gasteiger partial charge in [-0.3, -0.25) is 9.80 Å². The van der Waals surface area contributed by atoms with Gasteiger partial charge in [0.2, 0.25) is 0 Å². The fourth-order valence-electron chi connectivity index (χ4n) is 2.85. The predicted molar refractivity (Wildman–Crippen MR) is 115 cm³/mol. The van der Waals surface area contributed by atoms with Gasteiger partial charge in [-0.15, -0.1) is 0 Å². The maximum absolute atomic E-state index is 12.3. The molecular weight excluding hydrogens is 413 g/mol. The van der Waals surface area contributed by atoms with E-state index in [1.807, 2.05) is 24.1 Å². The molecule has 29 heavy (non-hydrogen) atoms. The molecule has 0 N–H and O–H groups in total. The molecule has 152 valence electrons. The Kier molecular flexibility index (Phi) is 6.77. The normalized spacial score (nSPS) is 13.2. The number of hydrazone groups is 1. The second kappa shape index (κ2) is 9.29. The number of benzene rings is 2. The third kappa shape index (κ3) is 5.49. The van der Waals surface area contributed by atoms with Crippen LogP contribution in [0.4, 0.5) is 5.69 Å². The maximum atomic E-state index is 12.3. The highest BCUT2D eigenvalue weighted by Crippen LogP contribution is 2.23. The zero-order valence-corrected chi connectivity index (χ0v) is 17.7. The van der Waals surface area contributed by atoms with E-state index in [1.54, 1.807) is 37.4 Å². The van der Waals surface area contributed by atoms with E-state index < -0.39 is 5.97 Å². The Morgan fingerprint density at radius 1 is 1.14 bits per heavy atom. The summed E-state index contributed by atoms with van der Waals surface area (Å²) in [6.45, 7) is 2.81. The smallest absolute Gasteiger partial charge is 0.338 e. The molecule has 0 saturated carbocycles. The first kappa shape index (κ1) is 21.1. The van der Waals surface area contributed by atoms with Crippen molar-refractivity contribution in [3.8, 4) is 0 Å². The van der Waals surface area contributed by atoms with Gasteiger partial charge in [0.05, 0.1) is 21.3 Å². The Bertz CT molecular complexity index is 945. The molecule has 0 aliphatic carbocycles. The molecule has 0 aromatic heterocycles.